The molecule has 4 rings (SSSR count). The molecule has 2 N–H and O–H groups in total. The van der Waals surface area contributed by atoms with Crippen molar-refractivity contribution < 1.29 is 9.90 Å². The van der Waals surface area contributed by atoms with Crippen molar-refractivity contribution in [2.24, 2.45) is 5.92 Å². The first-order valence-electron chi connectivity index (χ1n) is 10.1. The molecule has 7 nitrogen and oxygen atoms in total. The Kier molecular flexibility index (Phi) is 7.73. The molecule has 1 fully saturated rings. The van der Waals surface area contributed by atoms with E-state index in [4.69, 9.17) is 14.9 Å². The fourth-order valence-electron chi connectivity index (χ4n) is 3.48. The molecule has 0 saturated carbocycles. The van der Waals surface area contributed by atoms with E-state index in [1.165, 1.54) is 24.8 Å². The molecule has 0 aromatic carbocycles. The molecule has 3 aromatic heterocycles. The summed E-state index contributed by atoms with van der Waals surface area (Å²) in [5, 5.41) is 11.3. The third kappa shape index (κ3) is 5.76. The van der Waals surface area contributed by atoms with Crippen molar-refractivity contribution in [1.29, 1.82) is 0 Å². The van der Waals surface area contributed by atoms with E-state index < -0.39 is 0 Å². The van der Waals surface area contributed by atoms with Crippen molar-refractivity contribution in [3.63, 3.8) is 0 Å². The SMILES string of the molecule is CCC1CCCN(c2ncc(-c3cccc(Nc4cc(C)ccn4)n3)s2)C1.O=CO. The summed E-state index contributed by atoms with van der Waals surface area (Å²) >= 11 is 1.73. The second kappa shape index (κ2) is 10.7. The van der Waals surface area contributed by atoms with Gasteiger partial charge in [0.1, 0.15) is 11.6 Å². The highest BCUT2D eigenvalue weighted by atomic mass is 32.1. The Bertz CT molecular complexity index is 962. The minimum absolute atomic E-state index is 0.250. The van der Waals surface area contributed by atoms with Gasteiger partial charge in [-0.3, -0.25) is 4.79 Å². The number of pyridine rings is 2. The topological polar surface area (TPSA) is 91.2 Å². The van der Waals surface area contributed by atoms with E-state index >= 15 is 0 Å². The molecular formula is C22H27N5O2S. The van der Waals surface area contributed by atoms with Crippen LogP contribution in [0.2, 0.25) is 0 Å². The van der Waals surface area contributed by atoms with Crippen molar-refractivity contribution in [3.8, 4) is 10.6 Å². The molecule has 0 radical (unpaired) electrons. The highest BCUT2D eigenvalue weighted by Gasteiger charge is 2.21. The molecule has 1 saturated heterocycles. The summed E-state index contributed by atoms with van der Waals surface area (Å²) < 4.78 is 0. The second-order valence-corrected chi connectivity index (χ2v) is 8.24. The third-order valence-electron chi connectivity index (χ3n) is 5.03. The van der Waals surface area contributed by atoms with E-state index in [-0.39, 0.29) is 6.47 Å². The Hall–Kier alpha value is -3.00. The zero-order valence-corrected chi connectivity index (χ0v) is 18.1. The first-order chi connectivity index (χ1) is 14.6. The highest BCUT2D eigenvalue weighted by molar-refractivity contribution is 7.18. The van der Waals surface area contributed by atoms with Gasteiger partial charge in [0.25, 0.3) is 6.47 Å². The smallest absolute Gasteiger partial charge is 0.290 e. The van der Waals surface area contributed by atoms with Crippen LogP contribution in [0.4, 0.5) is 16.8 Å². The molecule has 8 heteroatoms. The van der Waals surface area contributed by atoms with Crippen LogP contribution >= 0.6 is 11.3 Å². The molecule has 0 spiro atoms. The van der Waals surface area contributed by atoms with Gasteiger partial charge in [-0.25, -0.2) is 15.0 Å². The zero-order chi connectivity index (χ0) is 21.3. The van der Waals surface area contributed by atoms with Crippen LogP contribution in [0.15, 0.2) is 42.7 Å². The Morgan fingerprint density at radius 3 is 2.90 bits per heavy atom. The minimum Gasteiger partial charge on any atom is -0.483 e. The van der Waals surface area contributed by atoms with Gasteiger partial charge in [-0.15, -0.1) is 0 Å². The van der Waals surface area contributed by atoms with E-state index in [1.54, 1.807) is 17.5 Å². The number of thiazole rings is 1. The number of anilines is 3. The number of piperidine rings is 1. The summed E-state index contributed by atoms with van der Waals surface area (Å²) in [5.41, 5.74) is 2.11. The van der Waals surface area contributed by atoms with Crippen molar-refractivity contribution in [3.05, 3.63) is 48.3 Å². The number of nitrogens with zero attached hydrogens (tertiary/aromatic N) is 4. The number of aryl methyl sites for hydroxylation is 1. The van der Waals surface area contributed by atoms with Gasteiger partial charge >= 0.3 is 0 Å². The molecule has 1 aliphatic heterocycles. The normalized spacial score (nSPS) is 15.8. The van der Waals surface area contributed by atoms with Crippen molar-refractivity contribution in [2.45, 2.75) is 33.1 Å². The maximum atomic E-state index is 8.36. The number of carbonyl (C=O) groups is 1. The average Bonchev–Trinajstić information content (AvgIpc) is 3.25. The van der Waals surface area contributed by atoms with Crippen LogP contribution in [0, 0.1) is 12.8 Å². The largest absolute Gasteiger partial charge is 0.483 e. The predicted octanol–water partition coefficient (Wildman–Crippen LogP) is 4.98. The predicted molar refractivity (Wildman–Crippen MR) is 122 cm³/mol. The Morgan fingerprint density at radius 1 is 1.30 bits per heavy atom. The summed E-state index contributed by atoms with van der Waals surface area (Å²) in [4.78, 5) is 25.7. The van der Waals surface area contributed by atoms with E-state index in [1.807, 2.05) is 36.5 Å². The standard InChI is InChI=1S/C21H25N5S.CH2O2/c1-3-16-6-5-11-26(14-16)21-23-13-18(27-21)17-7-4-8-19(24-17)25-20-12-15(2)9-10-22-20;2-1-3/h4,7-10,12-13,16H,3,5-6,11,14H2,1-2H3,(H,22,24,25);1H,(H,2,3). The molecule has 30 heavy (non-hydrogen) atoms. The second-order valence-electron chi connectivity index (χ2n) is 7.23. The highest BCUT2D eigenvalue weighted by Crippen LogP contribution is 2.33. The summed E-state index contributed by atoms with van der Waals surface area (Å²) in [7, 11) is 0. The first kappa shape index (κ1) is 21.7. The van der Waals surface area contributed by atoms with E-state index in [0.717, 1.165) is 46.3 Å². The number of hydrogen-bond acceptors (Lipinski definition) is 7. The summed E-state index contributed by atoms with van der Waals surface area (Å²) in [6.45, 7) is 6.32. The number of carboxylic acid groups (broad SMARTS) is 1. The average molecular weight is 426 g/mol. The van der Waals surface area contributed by atoms with Crippen LogP contribution in [0.25, 0.3) is 10.6 Å². The lowest BCUT2D eigenvalue weighted by molar-refractivity contribution is -0.122. The third-order valence-corrected chi connectivity index (χ3v) is 6.11. The van der Waals surface area contributed by atoms with Crippen molar-refractivity contribution in [1.82, 2.24) is 15.0 Å². The molecule has 158 valence electrons. The molecule has 4 heterocycles. The Balaban J connectivity index is 0.000000806. The van der Waals surface area contributed by atoms with Crippen LogP contribution in [0.1, 0.15) is 31.7 Å². The maximum Gasteiger partial charge on any atom is 0.290 e. The van der Waals surface area contributed by atoms with Crippen LogP contribution in [0.3, 0.4) is 0 Å². The van der Waals surface area contributed by atoms with Gasteiger partial charge < -0.3 is 15.3 Å². The molecule has 1 atom stereocenters. The van der Waals surface area contributed by atoms with Gasteiger partial charge in [-0.2, -0.15) is 0 Å². The van der Waals surface area contributed by atoms with E-state index in [0.29, 0.717) is 0 Å². The molecule has 1 unspecified atom stereocenters. The van der Waals surface area contributed by atoms with Crippen LogP contribution < -0.4 is 10.2 Å². The summed E-state index contributed by atoms with van der Waals surface area (Å²) in [5.74, 6) is 2.40. The number of rotatable bonds is 5. The zero-order valence-electron chi connectivity index (χ0n) is 17.3. The molecule has 0 amide bonds. The monoisotopic (exact) mass is 425 g/mol. The summed E-state index contributed by atoms with van der Waals surface area (Å²) in [6, 6.07) is 10.0. The molecule has 0 aliphatic carbocycles. The van der Waals surface area contributed by atoms with Crippen LogP contribution in [0.5, 0.6) is 0 Å². The van der Waals surface area contributed by atoms with Gasteiger partial charge in [0.15, 0.2) is 5.13 Å². The van der Waals surface area contributed by atoms with E-state index in [2.05, 4.69) is 34.0 Å². The van der Waals surface area contributed by atoms with Crippen LogP contribution in [-0.2, 0) is 4.79 Å². The van der Waals surface area contributed by atoms with Gasteiger partial charge in [-0.1, -0.05) is 30.7 Å². The number of nitrogens with one attached hydrogen (secondary N) is 1. The Morgan fingerprint density at radius 2 is 2.13 bits per heavy atom. The fourth-order valence-corrected chi connectivity index (χ4v) is 4.40. The first-order valence-corrected chi connectivity index (χ1v) is 10.9. The van der Waals surface area contributed by atoms with Gasteiger partial charge in [0.05, 0.1) is 10.6 Å². The maximum absolute atomic E-state index is 8.36. The van der Waals surface area contributed by atoms with Crippen molar-refractivity contribution >= 4 is 34.6 Å². The molecular weight excluding hydrogens is 398 g/mol. The quantitative estimate of drug-likeness (QED) is 0.557. The lowest BCUT2D eigenvalue weighted by Crippen LogP contribution is -2.34. The van der Waals surface area contributed by atoms with Gasteiger partial charge in [0, 0.05) is 25.5 Å². The fraction of sp³-hybridized carbons (Fsp3) is 0.364. The summed E-state index contributed by atoms with van der Waals surface area (Å²) in [6.07, 6.45) is 7.60. The van der Waals surface area contributed by atoms with Crippen molar-refractivity contribution in [2.75, 3.05) is 23.3 Å². The lowest BCUT2D eigenvalue weighted by atomic mass is 9.96. The number of aromatic nitrogens is 3. The molecule has 1 aliphatic rings. The van der Waals surface area contributed by atoms with Gasteiger partial charge in [-0.05, 0) is 55.5 Å². The molecule has 3 aromatic rings. The van der Waals surface area contributed by atoms with Gasteiger partial charge in [0.2, 0.25) is 0 Å². The lowest BCUT2D eigenvalue weighted by Gasteiger charge is -2.31. The van der Waals surface area contributed by atoms with Crippen LogP contribution in [-0.4, -0.2) is 39.6 Å². The molecule has 0 bridgehead atoms. The Labute approximate surface area is 180 Å². The van der Waals surface area contributed by atoms with E-state index in [9.17, 15) is 0 Å². The number of hydrogen-bond donors (Lipinski definition) is 2. The minimum atomic E-state index is -0.250.